The van der Waals surface area contributed by atoms with Crippen LogP contribution in [0.5, 0.6) is 0 Å². The first-order valence-electron chi connectivity index (χ1n) is 7.42. The SMILES string of the molecule is c1ccc(-c2ccc3c(-c4ccccc4)cccc3n2)cc1. The summed E-state index contributed by atoms with van der Waals surface area (Å²) in [6, 6.07) is 31.3. The molecule has 0 N–H and O–H groups in total. The van der Waals surface area contributed by atoms with E-state index < -0.39 is 0 Å². The molecule has 3 aromatic carbocycles. The van der Waals surface area contributed by atoms with Crippen LogP contribution in [0.1, 0.15) is 0 Å². The van der Waals surface area contributed by atoms with Crippen LogP contribution in [0.3, 0.4) is 0 Å². The maximum Gasteiger partial charge on any atom is 0.0715 e. The van der Waals surface area contributed by atoms with Crippen molar-refractivity contribution in [1.82, 2.24) is 4.98 Å². The molecular formula is C21H15N. The molecule has 0 aliphatic heterocycles. The first-order chi connectivity index (χ1) is 10.9. The highest BCUT2D eigenvalue weighted by molar-refractivity contribution is 5.95. The summed E-state index contributed by atoms with van der Waals surface area (Å²) in [5.74, 6) is 0. The topological polar surface area (TPSA) is 12.9 Å². The van der Waals surface area contributed by atoms with E-state index >= 15 is 0 Å². The van der Waals surface area contributed by atoms with E-state index in [0.29, 0.717) is 0 Å². The summed E-state index contributed by atoms with van der Waals surface area (Å²) >= 11 is 0. The molecule has 1 aromatic heterocycles. The average molecular weight is 281 g/mol. The highest BCUT2D eigenvalue weighted by atomic mass is 14.7. The van der Waals surface area contributed by atoms with E-state index in [1.165, 1.54) is 16.5 Å². The Kier molecular flexibility index (Phi) is 3.17. The molecule has 1 heterocycles. The third-order valence-electron chi connectivity index (χ3n) is 3.89. The van der Waals surface area contributed by atoms with Crippen LogP contribution in [0.4, 0.5) is 0 Å². The van der Waals surface area contributed by atoms with Crippen molar-refractivity contribution in [3.8, 4) is 22.4 Å². The van der Waals surface area contributed by atoms with Crippen LogP contribution in [0.25, 0.3) is 33.3 Å². The molecule has 0 spiro atoms. The van der Waals surface area contributed by atoms with Gasteiger partial charge in [0.25, 0.3) is 0 Å². The Morgan fingerprint density at radius 2 is 1.18 bits per heavy atom. The summed E-state index contributed by atoms with van der Waals surface area (Å²) in [5.41, 5.74) is 5.64. The van der Waals surface area contributed by atoms with Gasteiger partial charge in [-0.15, -0.1) is 0 Å². The maximum absolute atomic E-state index is 4.83. The molecule has 0 radical (unpaired) electrons. The van der Waals surface area contributed by atoms with Gasteiger partial charge in [-0.2, -0.15) is 0 Å². The molecule has 0 aliphatic carbocycles. The summed E-state index contributed by atoms with van der Waals surface area (Å²) in [4.78, 5) is 4.83. The van der Waals surface area contributed by atoms with Crippen LogP contribution in [-0.4, -0.2) is 4.98 Å². The van der Waals surface area contributed by atoms with Crippen molar-refractivity contribution in [2.75, 3.05) is 0 Å². The fraction of sp³-hybridized carbons (Fsp3) is 0. The number of hydrogen-bond donors (Lipinski definition) is 0. The zero-order valence-electron chi connectivity index (χ0n) is 12.1. The van der Waals surface area contributed by atoms with Crippen molar-refractivity contribution < 1.29 is 0 Å². The summed E-state index contributed by atoms with van der Waals surface area (Å²) in [5, 5.41) is 1.19. The molecule has 1 nitrogen and oxygen atoms in total. The first kappa shape index (κ1) is 12.8. The van der Waals surface area contributed by atoms with Crippen molar-refractivity contribution in [3.63, 3.8) is 0 Å². The van der Waals surface area contributed by atoms with Gasteiger partial charge < -0.3 is 0 Å². The predicted octanol–water partition coefficient (Wildman–Crippen LogP) is 5.57. The maximum atomic E-state index is 4.83. The van der Waals surface area contributed by atoms with E-state index in [0.717, 1.165) is 16.8 Å². The molecule has 4 rings (SSSR count). The Morgan fingerprint density at radius 1 is 0.500 bits per heavy atom. The Balaban J connectivity index is 1.90. The molecule has 0 saturated heterocycles. The normalized spacial score (nSPS) is 10.7. The van der Waals surface area contributed by atoms with E-state index in [1.54, 1.807) is 0 Å². The van der Waals surface area contributed by atoms with Gasteiger partial charge in [-0.1, -0.05) is 78.9 Å². The van der Waals surface area contributed by atoms with Crippen LogP contribution >= 0.6 is 0 Å². The van der Waals surface area contributed by atoms with Gasteiger partial charge in [-0.25, -0.2) is 4.98 Å². The lowest BCUT2D eigenvalue weighted by atomic mass is 10.00. The molecule has 0 fully saturated rings. The summed E-state index contributed by atoms with van der Waals surface area (Å²) < 4.78 is 0. The Bertz CT molecular complexity index is 912. The zero-order chi connectivity index (χ0) is 14.8. The van der Waals surface area contributed by atoms with Gasteiger partial charge in [0.1, 0.15) is 0 Å². The number of pyridine rings is 1. The largest absolute Gasteiger partial charge is 0.248 e. The minimum absolute atomic E-state index is 1.01. The second-order valence-electron chi connectivity index (χ2n) is 5.30. The Morgan fingerprint density at radius 3 is 1.91 bits per heavy atom. The van der Waals surface area contributed by atoms with Crippen molar-refractivity contribution in [3.05, 3.63) is 91.0 Å². The van der Waals surface area contributed by atoms with Crippen LogP contribution in [0, 0.1) is 0 Å². The minimum atomic E-state index is 1.01. The molecule has 1 heteroatoms. The molecule has 104 valence electrons. The van der Waals surface area contributed by atoms with Gasteiger partial charge in [0.05, 0.1) is 11.2 Å². The number of aromatic nitrogens is 1. The van der Waals surface area contributed by atoms with E-state index in [2.05, 4.69) is 66.7 Å². The van der Waals surface area contributed by atoms with Gasteiger partial charge >= 0.3 is 0 Å². The second-order valence-corrected chi connectivity index (χ2v) is 5.30. The number of rotatable bonds is 2. The molecule has 0 aliphatic rings. The highest BCUT2D eigenvalue weighted by Crippen LogP contribution is 2.29. The summed E-state index contributed by atoms with van der Waals surface area (Å²) in [7, 11) is 0. The van der Waals surface area contributed by atoms with Gasteiger partial charge in [-0.3, -0.25) is 0 Å². The molecule has 22 heavy (non-hydrogen) atoms. The fourth-order valence-electron chi connectivity index (χ4n) is 2.79. The number of fused-ring (bicyclic) bond motifs is 1. The van der Waals surface area contributed by atoms with Crippen molar-refractivity contribution in [1.29, 1.82) is 0 Å². The third kappa shape index (κ3) is 2.27. The lowest BCUT2D eigenvalue weighted by Crippen LogP contribution is -1.87. The molecule has 4 aromatic rings. The molecular weight excluding hydrogens is 266 g/mol. The van der Waals surface area contributed by atoms with Crippen molar-refractivity contribution >= 4 is 10.9 Å². The Labute approximate surface area is 129 Å². The number of benzene rings is 3. The molecule has 0 atom stereocenters. The minimum Gasteiger partial charge on any atom is -0.248 e. The van der Waals surface area contributed by atoms with E-state index in [1.807, 2.05) is 24.3 Å². The van der Waals surface area contributed by atoms with E-state index in [-0.39, 0.29) is 0 Å². The van der Waals surface area contributed by atoms with Crippen molar-refractivity contribution in [2.45, 2.75) is 0 Å². The molecule has 0 saturated carbocycles. The lowest BCUT2D eigenvalue weighted by Gasteiger charge is -2.08. The van der Waals surface area contributed by atoms with E-state index in [4.69, 9.17) is 4.98 Å². The molecule has 0 bridgehead atoms. The number of nitrogens with zero attached hydrogens (tertiary/aromatic N) is 1. The van der Waals surface area contributed by atoms with Crippen LogP contribution in [-0.2, 0) is 0 Å². The fourth-order valence-corrected chi connectivity index (χ4v) is 2.79. The molecule has 0 amide bonds. The predicted molar refractivity (Wildman–Crippen MR) is 92.6 cm³/mol. The third-order valence-corrected chi connectivity index (χ3v) is 3.89. The number of hydrogen-bond acceptors (Lipinski definition) is 1. The van der Waals surface area contributed by atoms with Crippen molar-refractivity contribution in [2.24, 2.45) is 0 Å². The Hall–Kier alpha value is -2.93. The van der Waals surface area contributed by atoms with Gasteiger partial charge in [0.2, 0.25) is 0 Å². The average Bonchev–Trinajstić information content (AvgIpc) is 2.62. The van der Waals surface area contributed by atoms with E-state index in [9.17, 15) is 0 Å². The standard InChI is InChI=1S/C21H15N/c1-3-8-16(9-4-1)18-12-7-13-21-19(18)14-15-20(22-21)17-10-5-2-6-11-17/h1-15H. The monoisotopic (exact) mass is 281 g/mol. The second kappa shape index (κ2) is 5.45. The lowest BCUT2D eigenvalue weighted by molar-refractivity contribution is 1.40. The van der Waals surface area contributed by atoms with Gasteiger partial charge in [0.15, 0.2) is 0 Å². The van der Waals surface area contributed by atoms with Crippen LogP contribution in [0.15, 0.2) is 91.0 Å². The van der Waals surface area contributed by atoms with Gasteiger partial charge in [-0.05, 0) is 23.3 Å². The van der Waals surface area contributed by atoms with Gasteiger partial charge in [0, 0.05) is 10.9 Å². The smallest absolute Gasteiger partial charge is 0.0715 e. The zero-order valence-corrected chi connectivity index (χ0v) is 12.1. The first-order valence-corrected chi connectivity index (χ1v) is 7.42. The highest BCUT2D eigenvalue weighted by Gasteiger charge is 2.06. The summed E-state index contributed by atoms with van der Waals surface area (Å²) in [6.45, 7) is 0. The van der Waals surface area contributed by atoms with Crippen LogP contribution < -0.4 is 0 Å². The molecule has 0 unspecified atom stereocenters. The quantitative estimate of drug-likeness (QED) is 0.468. The summed E-state index contributed by atoms with van der Waals surface area (Å²) in [6.07, 6.45) is 0. The van der Waals surface area contributed by atoms with Crippen LogP contribution in [0.2, 0.25) is 0 Å².